The first kappa shape index (κ1) is 16.7. The zero-order valence-electron chi connectivity index (χ0n) is 13.6. The van der Waals surface area contributed by atoms with E-state index in [1.807, 2.05) is 6.07 Å². The number of anilines is 2. The Morgan fingerprint density at radius 2 is 2.12 bits per heavy atom. The lowest BCUT2D eigenvalue weighted by Gasteiger charge is -2.16. The molecule has 0 amide bonds. The lowest BCUT2D eigenvalue weighted by atomic mass is 10.1. The maximum absolute atomic E-state index is 10.2. The minimum atomic E-state index is -1.25. The standard InChI is InChI=1S/C15H18N6O5/c16-15-19-12(17-4-7-2-1-3-25-7)9-13(20-15)21(6-18-9)14-11(24)10(23)8(5-22)26-14/h1-3,6,8,10-11,14,22-24H,4-5H2,(H3,16,17,19,20). The molecule has 0 bridgehead atoms. The molecule has 1 saturated heterocycles. The van der Waals surface area contributed by atoms with Crippen LogP contribution in [0.1, 0.15) is 12.0 Å². The molecule has 0 radical (unpaired) electrons. The summed E-state index contributed by atoms with van der Waals surface area (Å²) in [6.45, 7) is -0.0479. The van der Waals surface area contributed by atoms with Crippen molar-refractivity contribution in [2.75, 3.05) is 17.7 Å². The fourth-order valence-electron chi connectivity index (χ4n) is 2.94. The first-order valence-electron chi connectivity index (χ1n) is 7.97. The highest BCUT2D eigenvalue weighted by Gasteiger charge is 2.44. The smallest absolute Gasteiger partial charge is 0.224 e. The number of fused-ring (bicyclic) bond motifs is 1. The molecule has 1 aliphatic rings. The highest BCUT2D eigenvalue weighted by molar-refractivity contribution is 5.84. The SMILES string of the molecule is Nc1nc(NCc2ccco2)c2ncn(C3OC(CO)C(O)C3O)c2n1. The summed E-state index contributed by atoms with van der Waals surface area (Å²) in [6, 6.07) is 3.59. The van der Waals surface area contributed by atoms with Crippen molar-refractivity contribution in [1.82, 2.24) is 19.5 Å². The predicted octanol–water partition coefficient (Wildman–Crippen LogP) is -0.775. The monoisotopic (exact) mass is 362 g/mol. The van der Waals surface area contributed by atoms with Crippen molar-refractivity contribution < 1.29 is 24.5 Å². The second kappa shape index (κ2) is 6.53. The third-order valence-electron chi connectivity index (χ3n) is 4.24. The highest BCUT2D eigenvalue weighted by Crippen LogP contribution is 2.32. The summed E-state index contributed by atoms with van der Waals surface area (Å²) in [5.41, 5.74) is 6.54. The van der Waals surface area contributed by atoms with E-state index in [9.17, 15) is 15.3 Å². The van der Waals surface area contributed by atoms with Crippen LogP contribution in [0, 0.1) is 0 Å². The van der Waals surface area contributed by atoms with Crippen LogP contribution in [0.15, 0.2) is 29.1 Å². The topological polar surface area (TPSA) is 165 Å². The van der Waals surface area contributed by atoms with Gasteiger partial charge < -0.3 is 35.5 Å². The van der Waals surface area contributed by atoms with E-state index >= 15 is 0 Å². The number of nitrogen functional groups attached to an aromatic ring is 1. The molecule has 11 nitrogen and oxygen atoms in total. The number of aromatic nitrogens is 4. The van der Waals surface area contributed by atoms with E-state index in [2.05, 4.69) is 20.3 Å². The highest BCUT2D eigenvalue weighted by atomic mass is 16.6. The zero-order chi connectivity index (χ0) is 18.3. The van der Waals surface area contributed by atoms with Crippen LogP contribution in [0.4, 0.5) is 11.8 Å². The first-order valence-corrected chi connectivity index (χ1v) is 7.97. The van der Waals surface area contributed by atoms with E-state index in [-0.39, 0.29) is 5.95 Å². The molecule has 11 heteroatoms. The fourth-order valence-corrected chi connectivity index (χ4v) is 2.94. The number of hydrogen-bond acceptors (Lipinski definition) is 10. The van der Waals surface area contributed by atoms with Crippen LogP contribution in [-0.2, 0) is 11.3 Å². The van der Waals surface area contributed by atoms with Gasteiger partial charge in [-0.05, 0) is 12.1 Å². The van der Waals surface area contributed by atoms with Crippen molar-refractivity contribution in [1.29, 1.82) is 0 Å². The van der Waals surface area contributed by atoms with Gasteiger partial charge in [0.2, 0.25) is 5.95 Å². The number of hydrogen-bond donors (Lipinski definition) is 5. The zero-order valence-corrected chi connectivity index (χ0v) is 13.6. The van der Waals surface area contributed by atoms with Crippen molar-refractivity contribution in [3.63, 3.8) is 0 Å². The quantitative estimate of drug-likeness (QED) is 0.389. The van der Waals surface area contributed by atoms with Crippen molar-refractivity contribution in [2.24, 2.45) is 0 Å². The summed E-state index contributed by atoms with van der Waals surface area (Å²) < 4.78 is 12.2. The normalized spacial score (nSPS) is 25.8. The molecular formula is C15H18N6O5. The third-order valence-corrected chi connectivity index (χ3v) is 4.24. The molecule has 0 aliphatic carbocycles. The van der Waals surface area contributed by atoms with Crippen LogP contribution < -0.4 is 11.1 Å². The Bertz CT molecular complexity index is 897. The Morgan fingerprint density at radius 3 is 2.81 bits per heavy atom. The predicted molar refractivity (Wildman–Crippen MR) is 88.8 cm³/mol. The summed E-state index contributed by atoms with van der Waals surface area (Å²) in [5.74, 6) is 1.11. The first-order chi connectivity index (χ1) is 12.6. The van der Waals surface area contributed by atoms with Gasteiger partial charge in [-0.2, -0.15) is 9.97 Å². The number of aliphatic hydroxyl groups excluding tert-OH is 3. The summed E-state index contributed by atoms with van der Waals surface area (Å²) >= 11 is 0. The fraction of sp³-hybridized carbons (Fsp3) is 0.400. The molecule has 4 rings (SSSR count). The van der Waals surface area contributed by atoms with E-state index in [1.54, 1.807) is 12.3 Å². The van der Waals surface area contributed by atoms with Crippen LogP contribution in [-0.4, -0.2) is 59.8 Å². The molecular weight excluding hydrogens is 344 g/mol. The van der Waals surface area contributed by atoms with Crippen LogP contribution >= 0.6 is 0 Å². The lowest BCUT2D eigenvalue weighted by molar-refractivity contribution is -0.0511. The molecule has 26 heavy (non-hydrogen) atoms. The third kappa shape index (κ3) is 2.76. The van der Waals surface area contributed by atoms with E-state index in [0.717, 1.165) is 0 Å². The van der Waals surface area contributed by atoms with Gasteiger partial charge in [0, 0.05) is 0 Å². The summed E-state index contributed by atoms with van der Waals surface area (Å²) in [4.78, 5) is 12.6. The summed E-state index contributed by atoms with van der Waals surface area (Å²) in [7, 11) is 0. The Hall–Kier alpha value is -2.73. The minimum Gasteiger partial charge on any atom is -0.467 e. The molecule has 1 aliphatic heterocycles. The van der Waals surface area contributed by atoms with Gasteiger partial charge in [0.25, 0.3) is 0 Å². The van der Waals surface area contributed by atoms with Crippen LogP contribution in [0.2, 0.25) is 0 Å². The maximum atomic E-state index is 10.2. The lowest BCUT2D eigenvalue weighted by Crippen LogP contribution is -2.33. The van der Waals surface area contributed by atoms with Crippen LogP contribution in [0.3, 0.4) is 0 Å². The second-order valence-corrected chi connectivity index (χ2v) is 5.92. The van der Waals surface area contributed by atoms with E-state index in [1.165, 1.54) is 10.9 Å². The van der Waals surface area contributed by atoms with Gasteiger partial charge in [0.05, 0.1) is 25.7 Å². The number of aliphatic hydroxyl groups is 3. The molecule has 4 unspecified atom stereocenters. The number of imidazole rings is 1. The molecule has 6 N–H and O–H groups in total. The molecule has 0 spiro atoms. The average Bonchev–Trinajstić information content (AvgIpc) is 3.34. The average molecular weight is 362 g/mol. The Morgan fingerprint density at radius 1 is 1.27 bits per heavy atom. The molecule has 3 aromatic rings. The van der Waals surface area contributed by atoms with Gasteiger partial charge in [-0.25, -0.2) is 4.98 Å². The van der Waals surface area contributed by atoms with Gasteiger partial charge in [-0.1, -0.05) is 0 Å². The number of furan rings is 1. The molecule has 1 fully saturated rings. The molecule has 3 aromatic heterocycles. The maximum Gasteiger partial charge on any atom is 0.224 e. The summed E-state index contributed by atoms with van der Waals surface area (Å²) in [5, 5.41) is 32.5. The van der Waals surface area contributed by atoms with Crippen LogP contribution in [0.5, 0.6) is 0 Å². The molecule has 4 atom stereocenters. The van der Waals surface area contributed by atoms with Crippen molar-refractivity contribution >= 4 is 22.9 Å². The molecule has 0 aromatic carbocycles. The van der Waals surface area contributed by atoms with Crippen molar-refractivity contribution in [3.8, 4) is 0 Å². The van der Waals surface area contributed by atoms with E-state index < -0.39 is 31.1 Å². The number of ether oxygens (including phenoxy) is 1. The molecule has 0 saturated carbocycles. The molecule has 138 valence electrons. The Labute approximate surface area is 147 Å². The van der Waals surface area contributed by atoms with Gasteiger partial charge in [0.15, 0.2) is 23.2 Å². The number of nitrogens with zero attached hydrogens (tertiary/aromatic N) is 4. The van der Waals surface area contributed by atoms with Gasteiger partial charge in [-0.3, -0.25) is 4.57 Å². The largest absolute Gasteiger partial charge is 0.467 e. The minimum absolute atomic E-state index is 0.00735. The van der Waals surface area contributed by atoms with E-state index in [0.29, 0.717) is 29.3 Å². The number of rotatable bonds is 5. The van der Waals surface area contributed by atoms with Crippen molar-refractivity contribution in [3.05, 3.63) is 30.5 Å². The van der Waals surface area contributed by atoms with Gasteiger partial charge in [-0.15, -0.1) is 0 Å². The van der Waals surface area contributed by atoms with Crippen molar-refractivity contribution in [2.45, 2.75) is 31.1 Å². The second-order valence-electron chi connectivity index (χ2n) is 5.92. The Balaban J connectivity index is 1.67. The van der Waals surface area contributed by atoms with Crippen LogP contribution in [0.25, 0.3) is 11.2 Å². The van der Waals surface area contributed by atoms with Gasteiger partial charge >= 0.3 is 0 Å². The van der Waals surface area contributed by atoms with Gasteiger partial charge in [0.1, 0.15) is 24.1 Å². The Kier molecular flexibility index (Phi) is 4.20. The molecule has 4 heterocycles. The summed E-state index contributed by atoms with van der Waals surface area (Å²) in [6.07, 6.45) is -1.35. The number of nitrogens with two attached hydrogens (primary N) is 1. The van der Waals surface area contributed by atoms with E-state index in [4.69, 9.17) is 14.9 Å². The number of nitrogens with one attached hydrogen (secondary N) is 1.